The van der Waals surface area contributed by atoms with Crippen molar-refractivity contribution in [3.8, 4) is 22.9 Å². The third-order valence-corrected chi connectivity index (χ3v) is 8.17. The lowest BCUT2D eigenvalue weighted by Crippen LogP contribution is -2.60. The Labute approximate surface area is 268 Å². The zero-order valence-corrected chi connectivity index (χ0v) is 27.4. The lowest BCUT2D eigenvalue weighted by atomic mass is 9.65. The molecule has 0 spiro atoms. The Morgan fingerprint density at radius 1 is 0.762 bits per heavy atom. The van der Waals surface area contributed by atoms with Crippen LogP contribution in [0, 0.1) is 12.8 Å². The monoisotopic (exact) mass is 632 g/mol. The van der Waals surface area contributed by atoms with Crippen molar-refractivity contribution < 1.29 is 9.47 Å². The summed E-state index contributed by atoms with van der Waals surface area (Å²) >= 11 is 0. The molecule has 6 nitrogen and oxygen atoms in total. The van der Waals surface area contributed by atoms with E-state index in [-0.39, 0.29) is 49.1 Å². The molecule has 1 aromatic heterocycles. The van der Waals surface area contributed by atoms with Crippen LogP contribution < -0.4 is 14.8 Å². The van der Waals surface area contributed by atoms with Gasteiger partial charge in [-0.3, -0.25) is 4.90 Å². The Hall–Kier alpha value is -2.74. The summed E-state index contributed by atoms with van der Waals surface area (Å²) in [5.41, 5.74) is 4.98. The number of aromatic amines is 1. The number of benzene rings is 3. The van der Waals surface area contributed by atoms with Crippen LogP contribution in [-0.4, -0.2) is 55.3 Å². The summed E-state index contributed by atoms with van der Waals surface area (Å²) in [4.78, 5) is 11.7. The Balaban J connectivity index is 0.00000205. The lowest BCUT2D eigenvalue weighted by molar-refractivity contribution is 0.00982. The van der Waals surface area contributed by atoms with E-state index in [0.717, 1.165) is 71.6 Å². The van der Waals surface area contributed by atoms with Crippen LogP contribution in [0.1, 0.15) is 42.3 Å². The first-order valence-electron chi connectivity index (χ1n) is 13.9. The molecule has 1 aliphatic rings. The number of hydrogen-bond acceptors (Lipinski definition) is 5. The molecule has 1 unspecified atom stereocenters. The first kappa shape index (κ1) is 35.5. The number of nitrogens with one attached hydrogen (secondary N) is 2. The molecular weight excluding hydrogens is 591 g/mol. The molecule has 1 fully saturated rings. The summed E-state index contributed by atoms with van der Waals surface area (Å²) in [6.45, 7) is 10.5. The van der Waals surface area contributed by atoms with Gasteiger partial charge >= 0.3 is 0 Å². The highest BCUT2D eigenvalue weighted by Crippen LogP contribution is 2.54. The van der Waals surface area contributed by atoms with Crippen LogP contribution in [0.3, 0.4) is 0 Å². The van der Waals surface area contributed by atoms with Crippen molar-refractivity contribution in [3.63, 3.8) is 0 Å². The number of halogens is 3. The molecule has 1 aliphatic heterocycles. The summed E-state index contributed by atoms with van der Waals surface area (Å²) in [6.07, 6.45) is 0. The molecule has 4 aromatic rings. The fourth-order valence-corrected chi connectivity index (χ4v) is 6.51. The van der Waals surface area contributed by atoms with E-state index >= 15 is 0 Å². The van der Waals surface area contributed by atoms with Crippen molar-refractivity contribution in [1.82, 2.24) is 20.2 Å². The number of aryl methyl sites for hydroxylation is 1. The largest absolute Gasteiger partial charge is 0.496 e. The topological polar surface area (TPSA) is 62.4 Å². The van der Waals surface area contributed by atoms with E-state index in [4.69, 9.17) is 14.5 Å². The molecule has 0 amide bonds. The van der Waals surface area contributed by atoms with Crippen LogP contribution in [0.2, 0.25) is 0 Å². The Bertz CT molecular complexity index is 1350. The number of rotatable bonds is 9. The average molecular weight is 634 g/mol. The van der Waals surface area contributed by atoms with Gasteiger partial charge in [0.15, 0.2) is 0 Å². The minimum Gasteiger partial charge on any atom is -0.496 e. The van der Waals surface area contributed by atoms with Gasteiger partial charge in [-0.15, -0.1) is 37.2 Å². The number of nitrogens with zero attached hydrogens (tertiary/aromatic N) is 2. The number of ether oxygens (including phenoxy) is 2. The molecular formula is C33H43Cl3N4O2. The summed E-state index contributed by atoms with van der Waals surface area (Å²) in [7, 11) is 3.51. The average Bonchev–Trinajstić information content (AvgIpc) is 3.38. The first-order chi connectivity index (χ1) is 19.0. The number of methoxy groups -OCH3 is 2. The molecule has 42 heavy (non-hydrogen) atoms. The van der Waals surface area contributed by atoms with Gasteiger partial charge in [-0.2, -0.15) is 0 Å². The highest BCUT2D eigenvalue weighted by molar-refractivity contribution is 5.86. The normalized spacial score (nSPS) is 14.7. The van der Waals surface area contributed by atoms with Gasteiger partial charge in [0.05, 0.1) is 25.5 Å². The zero-order chi connectivity index (χ0) is 27.4. The molecule has 9 heteroatoms. The van der Waals surface area contributed by atoms with Gasteiger partial charge in [0.1, 0.15) is 17.3 Å². The number of imidazole rings is 1. The number of hydrogen-bond donors (Lipinski definition) is 2. The summed E-state index contributed by atoms with van der Waals surface area (Å²) in [5.74, 6) is 2.70. The SMILES string of the molecule is COc1ccccc1C(c1ccccc1OC)C(c1nc(-c2ccccc2)[nH]c1C)(C(C)C)N1CCNCC1.Cl.Cl.Cl. The lowest BCUT2D eigenvalue weighted by Gasteiger charge is -2.53. The summed E-state index contributed by atoms with van der Waals surface area (Å²) < 4.78 is 12.0. The third kappa shape index (κ3) is 6.43. The predicted molar refractivity (Wildman–Crippen MR) is 179 cm³/mol. The standard InChI is InChI=1S/C33H40N4O2.3ClH/c1-23(2)33(37-21-19-34-20-22-37,31-24(3)35-32(36-31)25-13-7-6-8-14-25)30(26-15-9-11-17-28(26)38-4)27-16-10-12-18-29(27)39-5;;;/h6-18,23,30,34H,19-22H2,1-5H3,(H,35,36);3*1H. The van der Waals surface area contributed by atoms with Gasteiger partial charge in [0, 0.05) is 54.5 Å². The van der Waals surface area contributed by atoms with Crippen LogP contribution >= 0.6 is 37.2 Å². The van der Waals surface area contributed by atoms with Crippen molar-refractivity contribution in [2.24, 2.45) is 5.92 Å². The smallest absolute Gasteiger partial charge is 0.137 e. The molecule has 0 aliphatic carbocycles. The predicted octanol–water partition coefficient (Wildman–Crippen LogP) is 7.26. The third-order valence-electron chi connectivity index (χ3n) is 8.17. The molecule has 2 heterocycles. The molecule has 3 aromatic carbocycles. The second-order valence-corrected chi connectivity index (χ2v) is 10.6. The van der Waals surface area contributed by atoms with Crippen LogP contribution in [0.5, 0.6) is 11.5 Å². The highest BCUT2D eigenvalue weighted by Gasteiger charge is 2.53. The van der Waals surface area contributed by atoms with E-state index < -0.39 is 5.54 Å². The van der Waals surface area contributed by atoms with Crippen molar-refractivity contribution >= 4 is 37.2 Å². The molecule has 2 N–H and O–H groups in total. The second kappa shape index (κ2) is 15.6. The van der Waals surface area contributed by atoms with Gasteiger partial charge in [0.2, 0.25) is 0 Å². The maximum atomic E-state index is 6.02. The van der Waals surface area contributed by atoms with E-state index in [1.807, 2.05) is 18.2 Å². The number of para-hydroxylation sites is 2. The Morgan fingerprint density at radius 3 is 1.76 bits per heavy atom. The van der Waals surface area contributed by atoms with Gasteiger partial charge in [-0.1, -0.05) is 80.6 Å². The van der Waals surface area contributed by atoms with Crippen molar-refractivity contribution in [2.75, 3.05) is 40.4 Å². The van der Waals surface area contributed by atoms with E-state index in [1.54, 1.807) is 14.2 Å². The van der Waals surface area contributed by atoms with Crippen molar-refractivity contribution in [1.29, 1.82) is 0 Å². The van der Waals surface area contributed by atoms with Crippen LogP contribution in [0.25, 0.3) is 11.4 Å². The van der Waals surface area contributed by atoms with E-state index in [9.17, 15) is 0 Å². The minimum atomic E-state index is -0.501. The Morgan fingerprint density at radius 2 is 1.26 bits per heavy atom. The fourth-order valence-electron chi connectivity index (χ4n) is 6.51. The zero-order valence-electron chi connectivity index (χ0n) is 24.9. The van der Waals surface area contributed by atoms with Crippen LogP contribution in [0.4, 0.5) is 0 Å². The molecule has 5 rings (SSSR count). The van der Waals surface area contributed by atoms with E-state index in [2.05, 4.69) is 96.6 Å². The molecule has 0 radical (unpaired) electrons. The highest BCUT2D eigenvalue weighted by atomic mass is 35.5. The molecule has 1 atom stereocenters. The van der Waals surface area contributed by atoms with Gasteiger partial charge in [-0.25, -0.2) is 4.98 Å². The summed E-state index contributed by atoms with van der Waals surface area (Å²) in [5, 5.41) is 3.57. The van der Waals surface area contributed by atoms with Crippen molar-refractivity contribution in [2.45, 2.75) is 32.2 Å². The molecule has 1 saturated heterocycles. The van der Waals surface area contributed by atoms with Gasteiger partial charge in [0.25, 0.3) is 0 Å². The fraction of sp³-hybridized carbons (Fsp3) is 0.364. The Kier molecular flexibility index (Phi) is 13.2. The van der Waals surface area contributed by atoms with Crippen LogP contribution in [0.15, 0.2) is 78.9 Å². The molecule has 0 saturated carbocycles. The van der Waals surface area contributed by atoms with E-state index in [0.29, 0.717) is 0 Å². The first-order valence-corrected chi connectivity index (χ1v) is 13.9. The molecule has 228 valence electrons. The maximum absolute atomic E-state index is 6.02. The van der Waals surface area contributed by atoms with Crippen LogP contribution in [-0.2, 0) is 5.54 Å². The molecule has 0 bridgehead atoms. The van der Waals surface area contributed by atoms with Crippen molar-refractivity contribution in [3.05, 3.63) is 101 Å². The second-order valence-electron chi connectivity index (χ2n) is 10.6. The number of aromatic nitrogens is 2. The number of piperazine rings is 1. The number of H-pyrrole nitrogens is 1. The quantitative estimate of drug-likeness (QED) is 0.203. The summed E-state index contributed by atoms with van der Waals surface area (Å²) in [6, 6.07) is 27.2. The van der Waals surface area contributed by atoms with E-state index in [1.165, 1.54) is 0 Å². The minimum absolute atomic E-state index is 0. The van der Waals surface area contributed by atoms with Gasteiger partial charge in [-0.05, 0) is 25.0 Å². The maximum Gasteiger partial charge on any atom is 0.137 e. The van der Waals surface area contributed by atoms with Gasteiger partial charge < -0.3 is 19.8 Å².